The third-order valence-corrected chi connectivity index (χ3v) is 4.04. The summed E-state index contributed by atoms with van der Waals surface area (Å²) < 4.78 is 1.86. The average Bonchev–Trinajstić information content (AvgIpc) is 3.12. The van der Waals surface area contributed by atoms with Crippen molar-refractivity contribution in [3.05, 3.63) is 78.5 Å². The van der Waals surface area contributed by atoms with Crippen LogP contribution in [0.25, 0.3) is 16.9 Å². The van der Waals surface area contributed by atoms with Crippen LogP contribution >= 0.6 is 0 Å². The number of para-hydroxylation sites is 2. The maximum atomic E-state index is 12.4. The molecule has 0 radical (unpaired) electrons. The molecule has 0 aliphatic heterocycles. The number of fused-ring (bicyclic) bond motifs is 1. The van der Waals surface area contributed by atoms with Crippen molar-refractivity contribution in [1.29, 1.82) is 0 Å². The predicted molar refractivity (Wildman–Crippen MR) is 97.0 cm³/mol. The standard InChI is InChI=1S/C19H15N5O2/c25-11-14-7-8-20-10-16(14)23-19(26)13-5-6-18(21-9-13)24-12-22-15-3-1-2-4-17(15)24/h1-10,12,25H,11H2,(H,23,26). The van der Waals surface area contributed by atoms with Crippen LogP contribution in [0, 0.1) is 0 Å². The number of nitrogens with one attached hydrogen (secondary N) is 1. The van der Waals surface area contributed by atoms with Gasteiger partial charge in [-0.15, -0.1) is 0 Å². The topological polar surface area (TPSA) is 92.9 Å². The lowest BCUT2D eigenvalue weighted by Gasteiger charge is -2.09. The Bertz CT molecular complexity index is 1070. The second-order valence-electron chi connectivity index (χ2n) is 5.65. The molecule has 0 aliphatic carbocycles. The zero-order valence-corrected chi connectivity index (χ0v) is 13.7. The molecule has 3 heterocycles. The van der Waals surface area contributed by atoms with Crippen LogP contribution in [0.4, 0.5) is 5.69 Å². The molecule has 7 nitrogen and oxygen atoms in total. The van der Waals surface area contributed by atoms with Crippen LogP contribution in [-0.2, 0) is 6.61 Å². The highest BCUT2D eigenvalue weighted by atomic mass is 16.3. The Morgan fingerprint density at radius 1 is 1.08 bits per heavy atom. The van der Waals surface area contributed by atoms with Crippen molar-refractivity contribution in [3.63, 3.8) is 0 Å². The lowest BCUT2D eigenvalue weighted by Crippen LogP contribution is -2.14. The molecule has 0 bridgehead atoms. The van der Waals surface area contributed by atoms with E-state index in [1.54, 1.807) is 30.7 Å². The first-order chi connectivity index (χ1) is 12.8. The Hall–Kier alpha value is -3.58. The van der Waals surface area contributed by atoms with Gasteiger partial charge in [-0.25, -0.2) is 9.97 Å². The van der Waals surface area contributed by atoms with Crippen molar-refractivity contribution in [1.82, 2.24) is 19.5 Å². The van der Waals surface area contributed by atoms with Gasteiger partial charge in [-0.3, -0.25) is 14.3 Å². The molecular weight excluding hydrogens is 330 g/mol. The van der Waals surface area contributed by atoms with E-state index in [4.69, 9.17) is 0 Å². The first-order valence-electron chi connectivity index (χ1n) is 8.00. The van der Waals surface area contributed by atoms with Crippen molar-refractivity contribution in [3.8, 4) is 5.82 Å². The Balaban J connectivity index is 1.58. The van der Waals surface area contributed by atoms with Crippen LogP contribution in [0.15, 0.2) is 67.4 Å². The van der Waals surface area contributed by atoms with Crippen LogP contribution < -0.4 is 5.32 Å². The molecule has 128 valence electrons. The fraction of sp³-hybridized carbons (Fsp3) is 0.0526. The summed E-state index contributed by atoms with van der Waals surface area (Å²) in [5.74, 6) is 0.356. The highest BCUT2D eigenvalue weighted by Gasteiger charge is 2.11. The smallest absolute Gasteiger partial charge is 0.257 e. The maximum Gasteiger partial charge on any atom is 0.257 e. The minimum Gasteiger partial charge on any atom is -0.392 e. The van der Waals surface area contributed by atoms with Gasteiger partial charge in [0.15, 0.2) is 0 Å². The van der Waals surface area contributed by atoms with Gasteiger partial charge < -0.3 is 10.4 Å². The van der Waals surface area contributed by atoms with E-state index >= 15 is 0 Å². The monoisotopic (exact) mass is 345 g/mol. The van der Waals surface area contributed by atoms with Crippen molar-refractivity contribution >= 4 is 22.6 Å². The van der Waals surface area contributed by atoms with Gasteiger partial charge in [0, 0.05) is 18.0 Å². The van der Waals surface area contributed by atoms with E-state index in [1.807, 2.05) is 28.8 Å². The van der Waals surface area contributed by atoms with Gasteiger partial charge >= 0.3 is 0 Å². The molecule has 4 aromatic rings. The molecule has 26 heavy (non-hydrogen) atoms. The number of pyridine rings is 2. The van der Waals surface area contributed by atoms with E-state index in [9.17, 15) is 9.90 Å². The van der Waals surface area contributed by atoms with Gasteiger partial charge in [0.05, 0.1) is 35.1 Å². The van der Waals surface area contributed by atoms with Crippen molar-refractivity contribution in [2.24, 2.45) is 0 Å². The fourth-order valence-electron chi connectivity index (χ4n) is 2.67. The van der Waals surface area contributed by atoms with Crippen LogP contribution in [0.1, 0.15) is 15.9 Å². The Morgan fingerprint density at radius 2 is 1.96 bits per heavy atom. The average molecular weight is 345 g/mol. The van der Waals surface area contributed by atoms with Crippen molar-refractivity contribution in [2.45, 2.75) is 6.61 Å². The molecule has 0 saturated carbocycles. The second-order valence-corrected chi connectivity index (χ2v) is 5.65. The highest BCUT2D eigenvalue weighted by molar-refractivity contribution is 6.04. The van der Waals surface area contributed by atoms with Crippen LogP contribution in [-0.4, -0.2) is 30.5 Å². The largest absolute Gasteiger partial charge is 0.392 e. The lowest BCUT2D eigenvalue weighted by atomic mass is 10.2. The summed E-state index contributed by atoms with van der Waals surface area (Å²) in [6.07, 6.45) is 6.28. The molecule has 7 heteroatoms. The Labute approximate surface area is 149 Å². The molecule has 0 atom stereocenters. The quantitative estimate of drug-likeness (QED) is 0.593. The number of amides is 1. The number of nitrogens with zero attached hydrogens (tertiary/aromatic N) is 4. The first-order valence-corrected chi connectivity index (χ1v) is 8.00. The number of aromatic nitrogens is 4. The highest BCUT2D eigenvalue weighted by Crippen LogP contribution is 2.18. The van der Waals surface area contributed by atoms with Crippen LogP contribution in [0.2, 0.25) is 0 Å². The third kappa shape index (κ3) is 2.91. The first kappa shape index (κ1) is 15.9. The van der Waals surface area contributed by atoms with E-state index in [0.717, 1.165) is 11.0 Å². The molecule has 1 aromatic carbocycles. The second kappa shape index (κ2) is 6.73. The summed E-state index contributed by atoms with van der Waals surface area (Å²) in [4.78, 5) is 25.1. The number of aliphatic hydroxyl groups is 1. The van der Waals surface area contributed by atoms with E-state index in [1.165, 1.54) is 12.4 Å². The van der Waals surface area contributed by atoms with Crippen LogP contribution in [0.3, 0.4) is 0 Å². The number of hydrogen-bond acceptors (Lipinski definition) is 5. The third-order valence-electron chi connectivity index (χ3n) is 4.04. The summed E-state index contributed by atoms with van der Waals surface area (Å²) in [7, 11) is 0. The predicted octanol–water partition coefficient (Wildman–Crippen LogP) is 2.56. The number of aliphatic hydroxyl groups excluding tert-OH is 1. The normalized spacial score (nSPS) is 10.8. The maximum absolute atomic E-state index is 12.4. The molecule has 3 aromatic heterocycles. The van der Waals surface area contributed by atoms with Crippen molar-refractivity contribution < 1.29 is 9.90 Å². The number of carbonyl (C=O) groups is 1. The van der Waals surface area contributed by atoms with Gasteiger partial charge in [0.25, 0.3) is 5.91 Å². The summed E-state index contributed by atoms with van der Waals surface area (Å²) in [6, 6.07) is 12.9. The molecule has 0 unspecified atom stereocenters. The molecule has 2 N–H and O–H groups in total. The van der Waals surface area contributed by atoms with E-state index in [-0.39, 0.29) is 12.5 Å². The Morgan fingerprint density at radius 3 is 2.77 bits per heavy atom. The SMILES string of the molecule is O=C(Nc1cnccc1CO)c1ccc(-n2cnc3ccccc32)nc1. The number of hydrogen-bond donors (Lipinski definition) is 2. The number of imidazole rings is 1. The van der Waals surface area contributed by atoms with E-state index < -0.39 is 0 Å². The molecule has 1 amide bonds. The number of anilines is 1. The zero-order valence-electron chi connectivity index (χ0n) is 13.7. The summed E-state index contributed by atoms with van der Waals surface area (Å²) >= 11 is 0. The van der Waals surface area contributed by atoms with Crippen molar-refractivity contribution in [2.75, 3.05) is 5.32 Å². The number of benzene rings is 1. The fourth-order valence-corrected chi connectivity index (χ4v) is 2.67. The molecular formula is C19H15N5O2. The molecule has 4 rings (SSSR count). The molecule has 0 saturated heterocycles. The summed E-state index contributed by atoms with van der Waals surface area (Å²) in [5, 5.41) is 12.1. The minimum absolute atomic E-state index is 0.178. The zero-order chi connectivity index (χ0) is 17.9. The number of carbonyl (C=O) groups excluding carboxylic acids is 1. The van der Waals surface area contributed by atoms with Gasteiger partial charge in [-0.1, -0.05) is 12.1 Å². The molecule has 0 fully saturated rings. The van der Waals surface area contributed by atoms with Crippen LogP contribution in [0.5, 0.6) is 0 Å². The van der Waals surface area contributed by atoms with Gasteiger partial charge in [0.2, 0.25) is 0 Å². The molecule has 0 spiro atoms. The lowest BCUT2D eigenvalue weighted by molar-refractivity contribution is 0.102. The van der Waals surface area contributed by atoms with E-state index in [2.05, 4.69) is 20.3 Å². The van der Waals surface area contributed by atoms with Gasteiger partial charge in [-0.05, 0) is 30.3 Å². The number of rotatable bonds is 4. The van der Waals surface area contributed by atoms with Gasteiger partial charge in [0.1, 0.15) is 12.1 Å². The summed E-state index contributed by atoms with van der Waals surface area (Å²) in [6.45, 7) is -0.178. The van der Waals surface area contributed by atoms with E-state index in [0.29, 0.717) is 22.6 Å². The van der Waals surface area contributed by atoms with Gasteiger partial charge in [-0.2, -0.15) is 0 Å². The minimum atomic E-state index is -0.317. The molecule has 0 aliphatic rings. The summed E-state index contributed by atoms with van der Waals surface area (Å²) in [5.41, 5.74) is 3.31. The Kier molecular flexibility index (Phi) is 4.12.